The van der Waals surface area contributed by atoms with Crippen LogP contribution in [0.1, 0.15) is 38.3 Å². The molecule has 0 fully saturated rings. The second kappa shape index (κ2) is 7.04. The van der Waals surface area contributed by atoms with Crippen molar-refractivity contribution in [1.29, 1.82) is 0 Å². The normalized spacial score (nSPS) is 12.3. The Labute approximate surface area is 143 Å². The van der Waals surface area contributed by atoms with Gasteiger partial charge in [-0.3, -0.25) is 0 Å². The molecule has 0 aromatic heterocycles. The van der Waals surface area contributed by atoms with Crippen molar-refractivity contribution < 1.29 is 8.42 Å². The predicted molar refractivity (Wildman–Crippen MR) is 95.2 cm³/mol. The molecule has 0 unspecified atom stereocenters. The summed E-state index contributed by atoms with van der Waals surface area (Å²) in [6, 6.07) is 14.3. The van der Waals surface area contributed by atoms with Gasteiger partial charge in [0.2, 0.25) is 10.0 Å². The molecule has 5 heteroatoms. The van der Waals surface area contributed by atoms with Crippen molar-refractivity contribution in [2.75, 3.05) is 0 Å². The average molecular weight is 352 g/mol. The van der Waals surface area contributed by atoms with E-state index < -0.39 is 10.0 Å². The maximum Gasteiger partial charge on any atom is 0.240 e. The summed E-state index contributed by atoms with van der Waals surface area (Å²) in [6.45, 7) is 6.58. The highest BCUT2D eigenvalue weighted by Gasteiger charge is 2.20. The van der Waals surface area contributed by atoms with E-state index in [9.17, 15) is 8.42 Å². The minimum absolute atomic E-state index is 0.0350. The smallest absolute Gasteiger partial charge is 0.207 e. The van der Waals surface area contributed by atoms with E-state index >= 15 is 0 Å². The van der Waals surface area contributed by atoms with E-state index in [-0.39, 0.29) is 16.9 Å². The van der Waals surface area contributed by atoms with Crippen LogP contribution in [-0.2, 0) is 22.0 Å². The highest BCUT2D eigenvalue weighted by Crippen LogP contribution is 2.27. The minimum Gasteiger partial charge on any atom is -0.207 e. The van der Waals surface area contributed by atoms with Gasteiger partial charge in [0.15, 0.2) is 0 Å². The summed E-state index contributed by atoms with van der Waals surface area (Å²) in [4.78, 5) is 0.264. The van der Waals surface area contributed by atoms with E-state index in [1.54, 1.807) is 24.3 Å². The Morgan fingerprint density at radius 1 is 1.04 bits per heavy atom. The lowest BCUT2D eigenvalue weighted by Gasteiger charge is -2.23. The molecular weight excluding hydrogens is 330 g/mol. The number of hydrogen-bond donors (Lipinski definition) is 1. The van der Waals surface area contributed by atoms with Gasteiger partial charge in [0.1, 0.15) is 0 Å². The zero-order valence-corrected chi connectivity index (χ0v) is 15.2. The maximum absolute atomic E-state index is 12.4. The van der Waals surface area contributed by atoms with Crippen LogP contribution in [0.15, 0.2) is 53.4 Å². The number of sulfonamides is 1. The number of hydrogen-bond acceptors (Lipinski definition) is 2. The monoisotopic (exact) mass is 351 g/mol. The molecule has 2 aromatic carbocycles. The Kier molecular flexibility index (Phi) is 5.50. The van der Waals surface area contributed by atoms with Crippen LogP contribution in [0.25, 0.3) is 0 Å². The highest BCUT2D eigenvalue weighted by atomic mass is 35.5. The van der Waals surface area contributed by atoms with Crippen LogP contribution in [-0.4, -0.2) is 8.42 Å². The van der Waals surface area contributed by atoms with Crippen molar-refractivity contribution in [3.05, 3.63) is 64.7 Å². The van der Waals surface area contributed by atoms with Crippen LogP contribution in [0, 0.1) is 0 Å². The molecule has 0 atom stereocenters. The van der Waals surface area contributed by atoms with Crippen molar-refractivity contribution in [3.8, 4) is 0 Å². The second-order valence-electron chi connectivity index (χ2n) is 6.18. The zero-order valence-electron chi connectivity index (χ0n) is 13.6. The van der Waals surface area contributed by atoms with Crippen molar-refractivity contribution in [2.24, 2.45) is 0 Å². The lowest BCUT2D eigenvalue weighted by molar-refractivity contribution is 0.505. The van der Waals surface area contributed by atoms with Gasteiger partial charge in [-0.1, -0.05) is 62.7 Å². The number of benzene rings is 2. The molecule has 0 aliphatic rings. The molecule has 124 valence electrons. The second-order valence-corrected chi connectivity index (χ2v) is 8.35. The quantitative estimate of drug-likeness (QED) is 0.832. The van der Waals surface area contributed by atoms with Gasteiger partial charge < -0.3 is 0 Å². The molecule has 0 aliphatic heterocycles. The average Bonchev–Trinajstić information content (AvgIpc) is 2.54. The fourth-order valence-electron chi connectivity index (χ4n) is 2.19. The molecule has 0 radical (unpaired) electrons. The SMILES string of the molecule is CCC(C)(C)c1ccc(S(=O)(=O)NCc2ccccc2Cl)cc1. The molecule has 2 aromatic rings. The van der Waals surface area contributed by atoms with Gasteiger partial charge in [0.05, 0.1) is 4.90 Å². The van der Waals surface area contributed by atoms with Gasteiger partial charge >= 0.3 is 0 Å². The number of halogens is 1. The molecule has 23 heavy (non-hydrogen) atoms. The molecule has 0 saturated carbocycles. The maximum atomic E-state index is 12.4. The van der Waals surface area contributed by atoms with Gasteiger partial charge in [-0.15, -0.1) is 0 Å². The molecule has 0 spiro atoms. The third-order valence-electron chi connectivity index (χ3n) is 4.24. The van der Waals surface area contributed by atoms with Crippen molar-refractivity contribution in [3.63, 3.8) is 0 Å². The standard InChI is InChI=1S/C18H22ClNO2S/c1-4-18(2,3)15-9-11-16(12-10-15)23(21,22)20-13-14-7-5-6-8-17(14)19/h5-12,20H,4,13H2,1-3H3. The highest BCUT2D eigenvalue weighted by molar-refractivity contribution is 7.89. The Morgan fingerprint density at radius 2 is 1.65 bits per heavy atom. The summed E-state index contributed by atoms with van der Waals surface area (Å²) in [5, 5.41) is 0.551. The Hall–Kier alpha value is -1.36. The van der Waals surface area contributed by atoms with Gasteiger partial charge in [-0.25, -0.2) is 13.1 Å². The number of nitrogens with one attached hydrogen (secondary N) is 1. The fourth-order valence-corrected chi connectivity index (χ4v) is 3.40. The van der Waals surface area contributed by atoms with Crippen LogP contribution >= 0.6 is 11.6 Å². The summed E-state index contributed by atoms with van der Waals surface area (Å²) in [5.41, 5.74) is 1.92. The molecule has 3 nitrogen and oxygen atoms in total. The zero-order chi connectivity index (χ0) is 17.1. The van der Waals surface area contributed by atoms with Crippen molar-refractivity contribution in [1.82, 2.24) is 4.72 Å². The molecular formula is C18H22ClNO2S. The first-order valence-electron chi connectivity index (χ1n) is 7.60. The van der Waals surface area contributed by atoms with Crippen LogP contribution in [0.5, 0.6) is 0 Å². The third kappa shape index (κ3) is 4.34. The first-order chi connectivity index (χ1) is 10.8. The summed E-state index contributed by atoms with van der Waals surface area (Å²) >= 11 is 6.05. The Morgan fingerprint density at radius 3 is 2.22 bits per heavy atom. The van der Waals surface area contributed by atoms with Crippen LogP contribution in [0.3, 0.4) is 0 Å². The van der Waals surface area contributed by atoms with Crippen LogP contribution in [0.4, 0.5) is 0 Å². The van der Waals surface area contributed by atoms with Crippen molar-refractivity contribution in [2.45, 2.75) is 44.0 Å². The minimum atomic E-state index is -3.55. The van der Waals surface area contributed by atoms with Gasteiger partial charge in [-0.05, 0) is 41.2 Å². The van der Waals surface area contributed by atoms with E-state index in [0.29, 0.717) is 5.02 Å². The molecule has 0 saturated heterocycles. The van der Waals surface area contributed by atoms with Crippen molar-refractivity contribution >= 4 is 21.6 Å². The summed E-state index contributed by atoms with van der Waals surface area (Å²) < 4.78 is 27.4. The van der Waals surface area contributed by atoms with E-state index in [1.165, 1.54) is 0 Å². The van der Waals surface area contributed by atoms with Gasteiger partial charge in [-0.2, -0.15) is 0 Å². The fraction of sp³-hybridized carbons (Fsp3) is 0.333. The summed E-state index contributed by atoms with van der Waals surface area (Å²) in [7, 11) is -3.55. The summed E-state index contributed by atoms with van der Waals surface area (Å²) in [5.74, 6) is 0. The first kappa shape index (κ1) is 18.0. The van der Waals surface area contributed by atoms with Gasteiger partial charge in [0.25, 0.3) is 0 Å². The van der Waals surface area contributed by atoms with Crippen LogP contribution < -0.4 is 4.72 Å². The predicted octanol–water partition coefficient (Wildman–Crippen LogP) is 4.51. The lowest BCUT2D eigenvalue weighted by atomic mass is 9.82. The van der Waals surface area contributed by atoms with Crippen LogP contribution in [0.2, 0.25) is 5.02 Å². The number of rotatable bonds is 6. The lowest BCUT2D eigenvalue weighted by Crippen LogP contribution is -2.23. The first-order valence-corrected chi connectivity index (χ1v) is 9.46. The van der Waals surface area contributed by atoms with E-state index in [1.807, 2.05) is 24.3 Å². The topological polar surface area (TPSA) is 46.2 Å². The Balaban J connectivity index is 2.15. The van der Waals surface area contributed by atoms with E-state index in [0.717, 1.165) is 17.5 Å². The van der Waals surface area contributed by atoms with E-state index in [4.69, 9.17) is 11.6 Å². The molecule has 1 N–H and O–H groups in total. The molecule has 0 amide bonds. The Bertz CT molecular complexity index is 768. The molecule has 0 bridgehead atoms. The third-order valence-corrected chi connectivity index (χ3v) is 6.03. The largest absolute Gasteiger partial charge is 0.240 e. The molecule has 2 rings (SSSR count). The molecule has 0 aliphatic carbocycles. The van der Waals surface area contributed by atoms with E-state index in [2.05, 4.69) is 25.5 Å². The van der Waals surface area contributed by atoms with Gasteiger partial charge in [0, 0.05) is 11.6 Å². The molecule has 0 heterocycles. The summed E-state index contributed by atoms with van der Waals surface area (Å²) in [6.07, 6.45) is 0.990.